The van der Waals surface area contributed by atoms with Crippen molar-refractivity contribution in [2.75, 3.05) is 11.6 Å². The topological polar surface area (TPSA) is 80.0 Å². The molecule has 0 aliphatic carbocycles. The fraction of sp³-hybridized carbons (Fsp3) is 0.238. The predicted octanol–water partition coefficient (Wildman–Crippen LogP) is 3.72. The van der Waals surface area contributed by atoms with Gasteiger partial charge in [0.15, 0.2) is 6.73 Å². The van der Waals surface area contributed by atoms with E-state index in [9.17, 15) is 14.7 Å². The van der Waals surface area contributed by atoms with E-state index < -0.39 is 5.97 Å². The van der Waals surface area contributed by atoms with Gasteiger partial charge in [0, 0.05) is 16.6 Å². The maximum Gasteiger partial charge on any atom is 0.339 e. The number of aromatic carboxylic acids is 1. The largest absolute Gasteiger partial charge is 0.478 e. The van der Waals surface area contributed by atoms with Crippen molar-refractivity contribution in [1.29, 1.82) is 0 Å². The molecule has 6 nitrogen and oxygen atoms in total. The molecular weight excluding hydrogens is 346 g/mol. The number of anilines is 1. The monoisotopic (exact) mass is 365 g/mol. The van der Waals surface area contributed by atoms with Gasteiger partial charge in [-0.15, -0.1) is 0 Å². The summed E-state index contributed by atoms with van der Waals surface area (Å²) in [7, 11) is 0. The molecule has 0 saturated carbocycles. The fourth-order valence-electron chi connectivity index (χ4n) is 3.57. The smallest absolute Gasteiger partial charge is 0.339 e. The van der Waals surface area contributed by atoms with Crippen molar-refractivity contribution in [3.05, 3.63) is 69.1 Å². The summed E-state index contributed by atoms with van der Waals surface area (Å²) in [4.78, 5) is 25.5. The number of benzene rings is 2. The molecule has 0 spiro atoms. The van der Waals surface area contributed by atoms with Crippen molar-refractivity contribution in [3.63, 3.8) is 0 Å². The summed E-state index contributed by atoms with van der Waals surface area (Å²) in [6, 6.07) is 10.5. The summed E-state index contributed by atoms with van der Waals surface area (Å²) in [6.07, 6.45) is 0.617. The Kier molecular flexibility index (Phi) is 4.11. The Morgan fingerprint density at radius 2 is 2.07 bits per heavy atom. The molecule has 138 valence electrons. The number of hydrogen-bond donors (Lipinski definition) is 1. The number of ether oxygens (including phenoxy) is 1. The lowest BCUT2D eigenvalue weighted by Crippen LogP contribution is -2.32. The standard InChI is InChI=1S/C21H19NO5/c1-3-15-12(2)16-7-8-18-17(19(16)27-21(15)25)10-22(11-26-18)14-6-4-5-13(9-14)20(23)24/h4-9H,3,10-11H2,1-2H3,(H,23,24). The van der Waals surface area contributed by atoms with Crippen LogP contribution in [0.3, 0.4) is 0 Å². The van der Waals surface area contributed by atoms with Gasteiger partial charge in [0.1, 0.15) is 11.3 Å². The van der Waals surface area contributed by atoms with E-state index in [4.69, 9.17) is 9.15 Å². The van der Waals surface area contributed by atoms with Gasteiger partial charge in [0.25, 0.3) is 0 Å². The normalized spacial score (nSPS) is 13.3. The predicted molar refractivity (Wildman–Crippen MR) is 102 cm³/mol. The van der Waals surface area contributed by atoms with Crippen LogP contribution in [0.5, 0.6) is 5.75 Å². The molecule has 4 rings (SSSR count). The van der Waals surface area contributed by atoms with Crippen LogP contribution in [0.2, 0.25) is 0 Å². The van der Waals surface area contributed by atoms with Gasteiger partial charge in [-0.2, -0.15) is 0 Å². The highest BCUT2D eigenvalue weighted by atomic mass is 16.5. The number of carboxylic acid groups (broad SMARTS) is 1. The van der Waals surface area contributed by atoms with Crippen LogP contribution in [0.15, 0.2) is 45.6 Å². The SMILES string of the molecule is CCc1c(C)c2ccc3c(c2oc1=O)CN(c1cccc(C(=O)O)c1)CO3. The first kappa shape index (κ1) is 17.1. The molecule has 0 fully saturated rings. The maximum absolute atomic E-state index is 12.4. The average molecular weight is 365 g/mol. The second-order valence-corrected chi connectivity index (χ2v) is 6.59. The summed E-state index contributed by atoms with van der Waals surface area (Å²) in [5.41, 5.74) is 3.57. The van der Waals surface area contributed by atoms with E-state index in [1.807, 2.05) is 36.9 Å². The molecule has 0 saturated heterocycles. The third-order valence-corrected chi connectivity index (χ3v) is 5.05. The minimum atomic E-state index is -0.977. The number of fused-ring (bicyclic) bond motifs is 3. The number of rotatable bonds is 3. The van der Waals surface area contributed by atoms with E-state index in [1.54, 1.807) is 18.2 Å². The van der Waals surface area contributed by atoms with Crippen LogP contribution < -0.4 is 15.3 Å². The zero-order chi connectivity index (χ0) is 19.1. The van der Waals surface area contributed by atoms with E-state index in [2.05, 4.69) is 0 Å². The molecule has 1 N–H and O–H groups in total. The van der Waals surface area contributed by atoms with Crippen molar-refractivity contribution in [1.82, 2.24) is 0 Å². The average Bonchev–Trinajstić information content (AvgIpc) is 2.68. The Morgan fingerprint density at radius 3 is 2.81 bits per heavy atom. The van der Waals surface area contributed by atoms with Gasteiger partial charge in [-0.25, -0.2) is 9.59 Å². The van der Waals surface area contributed by atoms with Crippen molar-refractivity contribution < 1.29 is 19.1 Å². The van der Waals surface area contributed by atoms with E-state index >= 15 is 0 Å². The quantitative estimate of drug-likeness (QED) is 0.713. The van der Waals surface area contributed by atoms with Crippen molar-refractivity contribution in [3.8, 4) is 5.75 Å². The molecule has 0 bridgehead atoms. The Balaban J connectivity index is 1.82. The van der Waals surface area contributed by atoms with Crippen LogP contribution in [0.1, 0.15) is 34.0 Å². The Hall–Kier alpha value is -3.28. The molecule has 1 aliphatic heterocycles. The zero-order valence-corrected chi connectivity index (χ0v) is 15.1. The third kappa shape index (κ3) is 2.83. The summed E-state index contributed by atoms with van der Waals surface area (Å²) >= 11 is 0. The van der Waals surface area contributed by atoms with Gasteiger partial charge >= 0.3 is 11.6 Å². The van der Waals surface area contributed by atoms with Gasteiger partial charge in [0.2, 0.25) is 0 Å². The van der Waals surface area contributed by atoms with Crippen LogP contribution in [-0.2, 0) is 13.0 Å². The summed E-state index contributed by atoms with van der Waals surface area (Å²) < 4.78 is 11.5. The Bertz CT molecular complexity index is 1120. The molecule has 2 heterocycles. The van der Waals surface area contributed by atoms with Gasteiger partial charge in [0.05, 0.1) is 17.7 Å². The summed E-state index contributed by atoms with van der Waals surface area (Å²) in [6.45, 7) is 4.62. The molecule has 1 aliphatic rings. The van der Waals surface area contributed by atoms with Crippen LogP contribution in [0, 0.1) is 6.92 Å². The minimum Gasteiger partial charge on any atom is -0.478 e. The molecule has 6 heteroatoms. The lowest BCUT2D eigenvalue weighted by molar-refractivity contribution is 0.0697. The highest BCUT2D eigenvalue weighted by molar-refractivity contribution is 5.89. The molecule has 0 unspecified atom stereocenters. The van der Waals surface area contributed by atoms with Gasteiger partial charge in [-0.1, -0.05) is 13.0 Å². The van der Waals surface area contributed by atoms with E-state index in [0.717, 1.165) is 22.2 Å². The van der Waals surface area contributed by atoms with Crippen molar-refractivity contribution in [2.45, 2.75) is 26.8 Å². The van der Waals surface area contributed by atoms with Crippen LogP contribution >= 0.6 is 0 Å². The molecule has 3 aromatic rings. The Labute approximate surface area is 155 Å². The molecule has 27 heavy (non-hydrogen) atoms. The second-order valence-electron chi connectivity index (χ2n) is 6.59. The number of aryl methyl sites for hydroxylation is 1. The van der Waals surface area contributed by atoms with Crippen LogP contribution in [-0.4, -0.2) is 17.8 Å². The molecule has 1 aromatic heterocycles. The number of carbonyl (C=O) groups is 1. The highest BCUT2D eigenvalue weighted by Crippen LogP contribution is 2.35. The maximum atomic E-state index is 12.4. The minimum absolute atomic E-state index is 0.214. The first-order chi connectivity index (χ1) is 13.0. The summed E-state index contributed by atoms with van der Waals surface area (Å²) in [5, 5.41) is 10.1. The van der Waals surface area contributed by atoms with Gasteiger partial charge in [-0.05, 0) is 49.2 Å². The molecule has 0 amide bonds. The van der Waals surface area contributed by atoms with Gasteiger partial charge in [-0.3, -0.25) is 0 Å². The fourth-order valence-corrected chi connectivity index (χ4v) is 3.57. The van der Waals surface area contributed by atoms with E-state index in [1.165, 1.54) is 0 Å². The lowest BCUT2D eigenvalue weighted by Gasteiger charge is -2.31. The van der Waals surface area contributed by atoms with E-state index in [-0.39, 0.29) is 17.9 Å². The van der Waals surface area contributed by atoms with Gasteiger partial charge < -0.3 is 19.2 Å². The molecular formula is C21H19NO5. The first-order valence-electron chi connectivity index (χ1n) is 8.79. The van der Waals surface area contributed by atoms with Crippen molar-refractivity contribution >= 4 is 22.6 Å². The highest BCUT2D eigenvalue weighted by Gasteiger charge is 2.23. The summed E-state index contributed by atoms with van der Waals surface area (Å²) in [5.74, 6) is -0.297. The van der Waals surface area contributed by atoms with Crippen LogP contribution in [0.4, 0.5) is 5.69 Å². The van der Waals surface area contributed by atoms with E-state index in [0.29, 0.717) is 29.9 Å². The Morgan fingerprint density at radius 1 is 1.26 bits per heavy atom. The molecule has 0 radical (unpaired) electrons. The second kappa shape index (κ2) is 6.46. The zero-order valence-electron chi connectivity index (χ0n) is 15.1. The first-order valence-corrected chi connectivity index (χ1v) is 8.79. The number of carboxylic acids is 1. The third-order valence-electron chi connectivity index (χ3n) is 5.05. The van der Waals surface area contributed by atoms with Crippen LogP contribution in [0.25, 0.3) is 11.0 Å². The molecule has 2 aromatic carbocycles. The van der Waals surface area contributed by atoms with Crippen molar-refractivity contribution in [2.24, 2.45) is 0 Å². The number of hydrogen-bond acceptors (Lipinski definition) is 5. The number of nitrogens with zero attached hydrogens (tertiary/aromatic N) is 1. The molecule has 0 atom stereocenters. The lowest BCUT2D eigenvalue weighted by atomic mass is 10.0.